The van der Waals surface area contributed by atoms with Gasteiger partial charge in [-0.25, -0.2) is 9.97 Å². The highest BCUT2D eigenvalue weighted by Gasteiger charge is 2.15. The van der Waals surface area contributed by atoms with E-state index >= 15 is 0 Å². The summed E-state index contributed by atoms with van der Waals surface area (Å²) in [6.45, 7) is 75.4. The van der Waals surface area contributed by atoms with Crippen LogP contribution in [0.1, 0.15) is 275 Å². The van der Waals surface area contributed by atoms with Crippen LogP contribution >= 0.6 is 22.7 Å². The number of aromatic amines is 2. The first-order chi connectivity index (χ1) is 42.6. The van der Waals surface area contributed by atoms with Gasteiger partial charge in [0.05, 0.1) is 17.9 Å². The molecule has 0 amide bonds. The van der Waals surface area contributed by atoms with Crippen LogP contribution in [0.15, 0.2) is 210 Å². The molecule has 13 heteroatoms. The third-order valence-electron chi connectivity index (χ3n) is 6.15. The van der Waals surface area contributed by atoms with Crippen molar-refractivity contribution in [1.29, 1.82) is 0 Å². The Balaban J connectivity index is -0.0000000917. The van der Waals surface area contributed by atoms with Gasteiger partial charge in [-0.3, -0.25) is 24.7 Å². The summed E-state index contributed by atoms with van der Waals surface area (Å²) < 4.78 is 0. The largest absolute Gasteiger partial charge is 0.351 e. The summed E-state index contributed by atoms with van der Waals surface area (Å²) in [4.78, 5) is 39.8. The number of allylic oxidation sites excluding steroid dienone is 1. The van der Waals surface area contributed by atoms with Gasteiger partial charge in [-0.2, -0.15) is 10.2 Å². The fourth-order valence-electron chi connectivity index (χ4n) is 3.40. The lowest BCUT2D eigenvalue weighted by molar-refractivity contribution is 0.469. The Morgan fingerprint density at radius 2 is 0.704 bits per heavy atom. The van der Waals surface area contributed by atoms with Crippen molar-refractivity contribution >= 4 is 28.9 Å². The van der Waals surface area contributed by atoms with Gasteiger partial charge in [0.2, 0.25) is 5.56 Å². The highest BCUT2D eigenvalue weighted by atomic mass is 32.1. The van der Waals surface area contributed by atoms with Crippen molar-refractivity contribution in [2.24, 2.45) is 42.9 Å². The van der Waals surface area contributed by atoms with Crippen molar-refractivity contribution < 1.29 is 0 Å². The van der Waals surface area contributed by atoms with E-state index in [1.165, 1.54) is 16.0 Å². The molecule has 8 aromatic rings. The Labute approximate surface area is 616 Å². The summed E-state index contributed by atoms with van der Waals surface area (Å²) in [7, 11) is 0. The smallest absolute Gasteiger partial charge is 0.247 e. The number of nitrogens with one attached hydrogen (secondary N) is 2. The van der Waals surface area contributed by atoms with E-state index in [1.54, 1.807) is 104 Å². The van der Waals surface area contributed by atoms with Crippen molar-refractivity contribution in [3.63, 3.8) is 0 Å². The molecule has 0 unspecified atom stereocenters. The molecule has 9 rings (SSSR count). The van der Waals surface area contributed by atoms with E-state index in [0.717, 1.165) is 6.54 Å². The number of aromatic nitrogens is 9. The third-order valence-corrected chi connectivity index (χ3v) is 8.65. The first-order valence-corrected chi connectivity index (χ1v) is 34.3. The number of rotatable bonds is 0. The van der Waals surface area contributed by atoms with Gasteiger partial charge in [0.25, 0.3) is 0 Å². The number of benzene rings is 1. The van der Waals surface area contributed by atoms with E-state index in [2.05, 4.69) is 303 Å². The Hall–Kier alpha value is -6.57. The molecule has 0 atom stereocenters. The van der Waals surface area contributed by atoms with Crippen LogP contribution in [-0.2, 0) is 10.8 Å². The maximum absolute atomic E-state index is 10.2. The van der Waals surface area contributed by atoms with E-state index in [4.69, 9.17) is 0 Å². The molecular formula is C85H156N10OS2. The number of aliphatic imine (C=N–C) groups is 1. The number of thiazole rings is 1. The lowest BCUT2D eigenvalue weighted by Gasteiger charge is -2.14. The van der Waals surface area contributed by atoms with E-state index < -0.39 is 0 Å². The van der Waals surface area contributed by atoms with Crippen LogP contribution < -0.4 is 5.56 Å². The Bertz CT molecular complexity index is 2280. The molecule has 8 heterocycles. The van der Waals surface area contributed by atoms with Gasteiger partial charge in [-0.05, 0) is 91.2 Å². The molecule has 0 spiro atoms. The van der Waals surface area contributed by atoms with Crippen LogP contribution in [0.3, 0.4) is 0 Å². The van der Waals surface area contributed by atoms with Crippen molar-refractivity contribution in [1.82, 2.24) is 45.1 Å². The van der Waals surface area contributed by atoms with Crippen molar-refractivity contribution in [2.75, 3.05) is 6.54 Å². The number of pyridine rings is 2. The van der Waals surface area contributed by atoms with Crippen molar-refractivity contribution in [3.05, 3.63) is 221 Å². The second kappa shape index (κ2) is 67.6. The SMILES string of the molecule is C.C.C.C.C1=CCN=C1.CC(C)(C)C.CC(C)(C)C.CC(C)(C)C.CC(C)(C)C.CC(C)(C)C.CC(C)(C)C.CC(C)(C)C.CC(C)(C)c1cccs1.CC(C)(C)c1nccs1.O=c1cccc[nH]1.c1c[nH]cn1.c1ccccc1.c1ccncc1.c1ccnnc1.c1cnccn1. The summed E-state index contributed by atoms with van der Waals surface area (Å²) in [5.41, 5.74) is 4.02. The molecule has 2 N–H and O–H groups in total. The van der Waals surface area contributed by atoms with Crippen LogP contribution in [-0.4, -0.2) is 57.8 Å². The highest BCUT2D eigenvalue weighted by molar-refractivity contribution is 7.10. The maximum Gasteiger partial charge on any atom is 0.247 e. The van der Waals surface area contributed by atoms with E-state index in [9.17, 15) is 4.79 Å². The van der Waals surface area contributed by atoms with Crippen LogP contribution in [0.5, 0.6) is 0 Å². The van der Waals surface area contributed by atoms with Crippen molar-refractivity contribution in [3.8, 4) is 0 Å². The number of imidazole rings is 1. The number of hydrogen-bond acceptors (Lipinski definition) is 11. The predicted octanol–water partition coefficient (Wildman–Crippen LogP) is 27.5. The molecule has 0 radical (unpaired) electrons. The van der Waals surface area contributed by atoms with E-state index in [1.807, 2.05) is 102 Å². The zero-order chi connectivity index (χ0) is 74.5. The first-order valence-electron chi connectivity index (χ1n) is 32.5. The maximum atomic E-state index is 10.2. The molecule has 0 fully saturated rings. The molecule has 7 aromatic heterocycles. The summed E-state index contributed by atoms with van der Waals surface area (Å²) in [5.74, 6) is 0. The number of H-pyrrole nitrogens is 2. The number of nitrogens with zero attached hydrogens (tertiary/aromatic N) is 8. The first kappa shape index (κ1) is 116. The van der Waals surface area contributed by atoms with Gasteiger partial charge < -0.3 is 9.97 Å². The predicted molar refractivity (Wildman–Crippen MR) is 450 cm³/mol. The second-order valence-corrected chi connectivity index (χ2v) is 36.1. The molecule has 0 saturated carbocycles. The molecule has 0 bridgehead atoms. The molecular weight excluding hydrogens is 1240 g/mol. The Morgan fingerprint density at radius 3 is 0.827 bits per heavy atom. The summed E-state index contributed by atoms with van der Waals surface area (Å²) in [6, 6.07) is 30.6. The third kappa shape index (κ3) is 185. The standard InChI is InChI=1S/C8H12S.C7H11NS.C6H6.C5H5NO.C5H5N.7C5H12.2C4H4N2.C4H5N.C3H4N2.4CH4/c1-8(2,3)7-5-4-6-9-7;1-7(2,3)6-8-4-5-9-6;1-2-4-6-5-3-1;7-5-3-1-2-4-6-5;1-2-4-6-5-3-1;7*1-5(2,3)4;1-2-6-4-3-5-1;1-2-4-6-5-3-1;1-2-4-5-3-1;1-2-5-3-4-1;;;;/h4-6H,1-3H3;4-5H,1-3H3;1-6H;1-4H,(H,6,7);1-5H;7*1-4H3;2*1-4H;1-3H,4H2;1-3H,(H,4,5);4*1H4. The summed E-state index contributed by atoms with van der Waals surface area (Å²) in [6.07, 6.45) is 27.6. The minimum absolute atomic E-state index is 0. The molecule has 98 heavy (non-hydrogen) atoms. The monoisotopic (exact) mass is 1400 g/mol. The molecule has 0 aliphatic carbocycles. The van der Waals surface area contributed by atoms with Gasteiger partial charge in [-0.1, -0.05) is 326 Å². The fourth-order valence-corrected chi connectivity index (χ4v) is 4.94. The average Bonchev–Trinajstić information content (AvgIpc) is 1.74. The average molecular weight is 1400 g/mol. The number of hydrogen-bond donors (Lipinski definition) is 2. The highest BCUT2D eigenvalue weighted by Crippen LogP contribution is 2.26. The van der Waals surface area contributed by atoms with Gasteiger partial charge in [0.15, 0.2) is 0 Å². The lowest BCUT2D eigenvalue weighted by Crippen LogP contribution is -2.09. The van der Waals surface area contributed by atoms with Gasteiger partial charge in [0.1, 0.15) is 0 Å². The second-order valence-electron chi connectivity index (χ2n) is 34.2. The summed E-state index contributed by atoms with van der Waals surface area (Å²) in [5, 5.41) is 12.4. The zero-order valence-corrected chi connectivity index (χ0v) is 67.8. The lowest BCUT2D eigenvalue weighted by atomic mass is 9.95. The molecule has 0 saturated heterocycles. The van der Waals surface area contributed by atoms with E-state index in [0.29, 0.717) is 43.3 Å². The van der Waals surface area contributed by atoms with E-state index in [-0.39, 0.29) is 40.7 Å². The minimum atomic E-state index is -0.0532. The van der Waals surface area contributed by atoms with Gasteiger partial charge >= 0.3 is 0 Å². The topological polar surface area (TPSA) is 151 Å². The number of thiophene rings is 1. The Morgan fingerprint density at radius 1 is 0.347 bits per heavy atom. The zero-order valence-electron chi connectivity index (χ0n) is 66.1. The summed E-state index contributed by atoms with van der Waals surface area (Å²) >= 11 is 3.55. The fraction of sp³-hybridized carbons (Fsp3) is 0.565. The molecule has 1 aliphatic heterocycles. The molecule has 1 aliphatic rings. The van der Waals surface area contributed by atoms with Crippen molar-refractivity contribution in [2.45, 2.75) is 276 Å². The van der Waals surface area contributed by atoms with Crippen LogP contribution in [0.25, 0.3) is 0 Å². The normalized spacial score (nSPS) is 10.3. The molecule has 11 nitrogen and oxygen atoms in total. The van der Waals surface area contributed by atoms with Crippen LogP contribution in [0.2, 0.25) is 0 Å². The molecule has 1 aromatic carbocycles. The Kier molecular flexibility index (Phi) is 79.7. The van der Waals surface area contributed by atoms with Gasteiger partial charge in [0, 0.05) is 102 Å². The van der Waals surface area contributed by atoms with Crippen LogP contribution in [0.4, 0.5) is 0 Å². The quantitative estimate of drug-likeness (QED) is 0.152. The van der Waals surface area contributed by atoms with Gasteiger partial charge in [-0.15, -0.1) is 22.7 Å². The molecule has 564 valence electrons. The van der Waals surface area contributed by atoms with Crippen LogP contribution in [0, 0.1) is 37.9 Å². The minimum Gasteiger partial charge on any atom is -0.351 e.